The highest BCUT2D eigenvalue weighted by atomic mass is 35.5. The number of benzene rings is 1. The van der Waals surface area contributed by atoms with E-state index in [0.29, 0.717) is 21.4 Å². The van der Waals surface area contributed by atoms with Crippen LogP contribution in [0.4, 0.5) is 0 Å². The fourth-order valence-electron chi connectivity index (χ4n) is 2.04. The van der Waals surface area contributed by atoms with Crippen LogP contribution in [0.15, 0.2) is 47.6 Å². The number of nitrogens with zero attached hydrogens (tertiary/aromatic N) is 2. The fraction of sp³-hybridized carbons (Fsp3) is 0.0714. The Bertz CT molecular complexity index is 932. The van der Waals surface area contributed by atoms with E-state index in [1.54, 1.807) is 47.1 Å². The van der Waals surface area contributed by atoms with Crippen LogP contribution in [0.1, 0.15) is 0 Å². The van der Waals surface area contributed by atoms with Crippen molar-refractivity contribution in [1.82, 2.24) is 9.38 Å². The maximum atomic E-state index is 11.5. The quantitative estimate of drug-likeness (QED) is 0.714. The molecule has 0 N–H and O–H groups in total. The third-order valence-corrected chi connectivity index (χ3v) is 4.66. The second kappa shape index (κ2) is 5.02. The molecule has 0 amide bonds. The number of rotatable bonds is 2. The van der Waals surface area contributed by atoms with Crippen LogP contribution in [-0.2, 0) is 9.84 Å². The summed E-state index contributed by atoms with van der Waals surface area (Å²) in [6.45, 7) is 0. The minimum atomic E-state index is -3.20. The second-order valence-electron chi connectivity index (χ2n) is 4.66. The van der Waals surface area contributed by atoms with Crippen molar-refractivity contribution >= 4 is 38.7 Å². The van der Waals surface area contributed by atoms with E-state index >= 15 is 0 Å². The Morgan fingerprint density at radius 1 is 1.10 bits per heavy atom. The van der Waals surface area contributed by atoms with E-state index in [2.05, 4.69) is 4.98 Å². The number of fused-ring (bicyclic) bond motifs is 1. The first kappa shape index (κ1) is 14.4. The van der Waals surface area contributed by atoms with E-state index in [1.165, 1.54) is 6.26 Å². The molecule has 0 bridgehead atoms. The highest BCUT2D eigenvalue weighted by molar-refractivity contribution is 7.90. The maximum Gasteiger partial charge on any atom is 0.175 e. The molecule has 0 aliphatic heterocycles. The summed E-state index contributed by atoms with van der Waals surface area (Å²) in [6, 6.07) is 8.18. The van der Waals surface area contributed by atoms with Crippen LogP contribution >= 0.6 is 23.2 Å². The topological polar surface area (TPSA) is 51.4 Å². The van der Waals surface area contributed by atoms with Gasteiger partial charge >= 0.3 is 0 Å². The predicted octanol–water partition coefficient (Wildman–Crippen LogP) is 3.71. The van der Waals surface area contributed by atoms with E-state index in [-0.39, 0.29) is 4.90 Å². The lowest BCUT2D eigenvalue weighted by molar-refractivity contribution is 0.602. The zero-order chi connectivity index (χ0) is 15.2. The smallest absolute Gasteiger partial charge is 0.175 e. The van der Waals surface area contributed by atoms with Crippen molar-refractivity contribution in [3.63, 3.8) is 0 Å². The van der Waals surface area contributed by atoms with Gasteiger partial charge in [-0.15, -0.1) is 0 Å². The van der Waals surface area contributed by atoms with E-state index in [0.717, 1.165) is 5.56 Å². The van der Waals surface area contributed by atoms with Crippen molar-refractivity contribution in [3.05, 3.63) is 52.8 Å². The molecule has 7 heteroatoms. The normalized spacial score (nSPS) is 12.0. The number of hydrogen-bond acceptors (Lipinski definition) is 3. The first-order valence-corrected chi connectivity index (χ1v) is 8.63. The van der Waals surface area contributed by atoms with Gasteiger partial charge in [-0.2, -0.15) is 0 Å². The van der Waals surface area contributed by atoms with Gasteiger partial charge < -0.3 is 4.40 Å². The van der Waals surface area contributed by atoms with Crippen molar-refractivity contribution in [3.8, 4) is 11.3 Å². The molecule has 3 aromatic rings. The summed E-state index contributed by atoms with van der Waals surface area (Å²) in [5.74, 6) is 0. The maximum absolute atomic E-state index is 11.5. The molecule has 0 radical (unpaired) electrons. The summed E-state index contributed by atoms with van der Waals surface area (Å²) in [4.78, 5) is 4.71. The zero-order valence-electron chi connectivity index (χ0n) is 10.9. The Hall–Kier alpha value is -1.56. The monoisotopic (exact) mass is 340 g/mol. The van der Waals surface area contributed by atoms with Crippen LogP contribution in [0.3, 0.4) is 0 Å². The van der Waals surface area contributed by atoms with Gasteiger partial charge in [-0.1, -0.05) is 35.3 Å². The highest BCUT2D eigenvalue weighted by Crippen LogP contribution is 2.26. The van der Waals surface area contributed by atoms with Gasteiger partial charge in [-0.05, 0) is 18.2 Å². The van der Waals surface area contributed by atoms with E-state index < -0.39 is 9.84 Å². The van der Waals surface area contributed by atoms with Crippen LogP contribution in [0.25, 0.3) is 16.9 Å². The summed E-state index contributed by atoms with van der Waals surface area (Å²) < 4.78 is 24.6. The molecule has 1 aromatic carbocycles. The van der Waals surface area contributed by atoms with Crippen LogP contribution in [0.5, 0.6) is 0 Å². The second-order valence-corrected chi connectivity index (χ2v) is 7.52. The molecule has 0 atom stereocenters. The number of hydrogen-bond donors (Lipinski definition) is 0. The summed E-state index contributed by atoms with van der Waals surface area (Å²) in [7, 11) is -3.20. The Morgan fingerprint density at radius 3 is 2.38 bits per heavy atom. The highest BCUT2D eigenvalue weighted by Gasteiger charge is 2.10. The third-order valence-electron chi connectivity index (χ3n) is 3.05. The molecule has 0 spiro atoms. The van der Waals surface area contributed by atoms with Gasteiger partial charge in [0.1, 0.15) is 0 Å². The zero-order valence-corrected chi connectivity index (χ0v) is 13.2. The molecule has 3 rings (SSSR count). The number of sulfone groups is 1. The van der Waals surface area contributed by atoms with Crippen molar-refractivity contribution in [2.75, 3.05) is 6.26 Å². The average Bonchev–Trinajstić information content (AvgIpc) is 2.82. The van der Waals surface area contributed by atoms with Crippen LogP contribution < -0.4 is 0 Å². The Balaban J connectivity index is 2.10. The summed E-state index contributed by atoms with van der Waals surface area (Å²) in [5.41, 5.74) is 2.10. The van der Waals surface area contributed by atoms with Gasteiger partial charge in [0.15, 0.2) is 15.5 Å². The van der Waals surface area contributed by atoms with Gasteiger partial charge in [0, 0.05) is 24.2 Å². The molecule has 0 saturated carbocycles. The fourth-order valence-corrected chi connectivity index (χ4v) is 3.19. The lowest BCUT2D eigenvalue weighted by atomic mass is 10.2. The molecule has 108 valence electrons. The largest absolute Gasteiger partial charge is 0.304 e. The van der Waals surface area contributed by atoms with Crippen molar-refractivity contribution in [1.29, 1.82) is 0 Å². The Kier molecular flexibility index (Phi) is 3.43. The molecule has 2 heterocycles. The standard InChI is InChI=1S/C14H10Cl2N2O2S/c1-21(19,20)11-4-2-9(3-5-11)13-8-18-7-10(15)6-12(16)14(18)17-13/h2-8H,1H3. The summed E-state index contributed by atoms with van der Waals surface area (Å²) in [5, 5.41) is 0.977. The SMILES string of the molecule is CS(=O)(=O)c1ccc(-c2cn3cc(Cl)cc(Cl)c3n2)cc1. The van der Waals surface area contributed by atoms with E-state index in [9.17, 15) is 8.42 Å². The molecule has 0 unspecified atom stereocenters. The lowest BCUT2D eigenvalue weighted by Gasteiger charge is -1.99. The molecular formula is C14H10Cl2N2O2S. The molecule has 21 heavy (non-hydrogen) atoms. The van der Waals surface area contributed by atoms with E-state index in [1.807, 2.05) is 0 Å². The third kappa shape index (κ3) is 2.77. The molecule has 0 saturated heterocycles. The van der Waals surface area contributed by atoms with Crippen LogP contribution in [-0.4, -0.2) is 24.1 Å². The lowest BCUT2D eigenvalue weighted by Crippen LogP contribution is -1.96. The van der Waals surface area contributed by atoms with Gasteiger partial charge in [0.05, 0.1) is 20.6 Å². The first-order valence-electron chi connectivity index (χ1n) is 5.99. The number of halogens is 2. The molecule has 0 fully saturated rings. The minimum absolute atomic E-state index is 0.274. The Morgan fingerprint density at radius 2 is 1.76 bits per heavy atom. The van der Waals surface area contributed by atoms with Crippen LogP contribution in [0.2, 0.25) is 10.0 Å². The van der Waals surface area contributed by atoms with Gasteiger partial charge in [0.25, 0.3) is 0 Å². The molecule has 0 aliphatic rings. The average molecular weight is 341 g/mol. The van der Waals surface area contributed by atoms with Gasteiger partial charge in [-0.3, -0.25) is 0 Å². The molecule has 2 aromatic heterocycles. The van der Waals surface area contributed by atoms with Crippen LogP contribution in [0, 0.1) is 0 Å². The summed E-state index contributed by atoms with van der Waals surface area (Å²) >= 11 is 12.1. The molecular weight excluding hydrogens is 331 g/mol. The van der Waals surface area contributed by atoms with Gasteiger partial charge in [0.2, 0.25) is 0 Å². The molecule has 0 aliphatic carbocycles. The van der Waals surface area contributed by atoms with Crippen molar-refractivity contribution in [2.45, 2.75) is 4.90 Å². The number of aromatic nitrogens is 2. The predicted molar refractivity (Wildman–Crippen MR) is 83.8 cm³/mol. The van der Waals surface area contributed by atoms with Gasteiger partial charge in [-0.25, -0.2) is 13.4 Å². The first-order chi connectivity index (χ1) is 9.84. The Labute approximate surface area is 131 Å². The van der Waals surface area contributed by atoms with E-state index in [4.69, 9.17) is 23.2 Å². The van der Waals surface area contributed by atoms with Crippen molar-refractivity contribution in [2.24, 2.45) is 0 Å². The van der Waals surface area contributed by atoms with Crippen molar-refractivity contribution < 1.29 is 8.42 Å². The number of pyridine rings is 1. The summed E-state index contributed by atoms with van der Waals surface area (Å²) in [6.07, 6.45) is 4.68. The minimum Gasteiger partial charge on any atom is -0.304 e. The number of imidazole rings is 1. The molecule has 4 nitrogen and oxygen atoms in total.